The molecule has 86 valence electrons. The lowest BCUT2D eigenvalue weighted by Gasteiger charge is -2.22. The number of hydrogen-bond acceptors (Lipinski definition) is 3. The lowest BCUT2D eigenvalue weighted by atomic mass is 9.98. The van der Waals surface area contributed by atoms with Crippen LogP contribution in [-0.4, -0.2) is 21.2 Å². The number of thiazole rings is 1. The maximum absolute atomic E-state index is 12.0. The van der Waals surface area contributed by atoms with E-state index in [1.807, 2.05) is 6.26 Å². The van der Waals surface area contributed by atoms with Crippen molar-refractivity contribution in [3.63, 3.8) is 0 Å². The summed E-state index contributed by atoms with van der Waals surface area (Å²) in [6.45, 7) is 6.55. The number of aryl methyl sites for hydroxylation is 1. The van der Waals surface area contributed by atoms with Gasteiger partial charge < -0.3 is 0 Å². The van der Waals surface area contributed by atoms with Crippen molar-refractivity contribution in [1.29, 1.82) is 0 Å². The molecule has 2 rings (SSSR count). The molecule has 4 heteroatoms. The van der Waals surface area contributed by atoms with Crippen molar-refractivity contribution in [2.24, 2.45) is 0 Å². The van der Waals surface area contributed by atoms with E-state index in [0.717, 1.165) is 17.9 Å². The van der Waals surface area contributed by atoms with E-state index >= 15 is 0 Å². The smallest absolute Gasteiger partial charge is 0.0984 e. The molecule has 0 aliphatic carbocycles. The van der Waals surface area contributed by atoms with Crippen LogP contribution in [0.25, 0.3) is 0 Å². The van der Waals surface area contributed by atoms with E-state index in [-0.39, 0.29) is 5.41 Å². The number of fused-ring (bicyclic) bond motifs is 1. The summed E-state index contributed by atoms with van der Waals surface area (Å²) < 4.78 is 12.0. The van der Waals surface area contributed by atoms with E-state index in [2.05, 4.69) is 25.8 Å². The summed E-state index contributed by atoms with van der Waals surface area (Å²) in [4.78, 5) is 5.96. The highest BCUT2D eigenvalue weighted by molar-refractivity contribution is 8.01. The minimum Gasteiger partial charge on any atom is -0.285 e. The number of thiol groups is 1. The van der Waals surface area contributed by atoms with Crippen molar-refractivity contribution in [3.05, 3.63) is 15.6 Å². The fourth-order valence-electron chi connectivity index (χ4n) is 1.75. The number of aromatic nitrogens is 1. The minimum atomic E-state index is -1.89. The van der Waals surface area contributed by atoms with Gasteiger partial charge in [-0.3, -0.25) is 4.21 Å². The molecule has 0 atom stereocenters. The second kappa shape index (κ2) is 3.39. The van der Waals surface area contributed by atoms with Gasteiger partial charge in [-0.05, 0) is 6.26 Å². The molecule has 1 aromatic heterocycles. The zero-order chi connectivity index (χ0) is 11.3. The molecule has 0 fully saturated rings. The highest BCUT2D eigenvalue weighted by Crippen LogP contribution is 2.34. The fourth-order valence-corrected chi connectivity index (χ4v) is 5.42. The highest BCUT2D eigenvalue weighted by Gasteiger charge is 2.26. The van der Waals surface area contributed by atoms with Crippen molar-refractivity contribution in [3.8, 4) is 0 Å². The Bertz CT molecular complexity index is 428. The first-order valence-corrected chi connectivity index (χ1v) is 8.67. The molecule has 1 aliphatic heterocycles. The lowest BCUT2D eigenvalue weighted by Crippen LogP contribution is -2.23. The molecule has 0 amide bonds. The Kier molecular flexibility index (Phi) is 2.54. The van der Waals surface area contributed by atoms with Gasteiger partial charge in [0.15, 0.2) is 0 Å². The van der Waals surface area contributed by atoms with Crippen LogP contribution in [0, 0.1) is 0 Å². The zero-order valence-corrected chi connectivity index (χ0v) is 11.5. The van der Waals surface area contributed by atoms with Crippen molar-refractivity contribution in [2.75, 3.05) is 12.0 Å². The van der Waals surface area contributed by atoms with E-state index < -0.39 is 9.93 Å². The summed E-state index contributed by atoms with van der Waals surface area (Å²) in [5.41, 5.74) is 1.33. The molecule has 15 heavy (non-hydrogen) atoms. The molecule has 0 unspecified atom stereocenters. The van der Waals surface area contributed by atoms with Crippen molar-refractivity contribution in [2.45, 2.75) is 38.4 Å². The van der Waals surface area contributed by atoms with Crippen molar-refractivity contribution < 1.29 is 4.21 Å². The quantitative estimate of drug-likeness (QED) is 0.710. The summed E-state index contributed by atoms with van der Waals surface area (Å²) in [5.74, 6) is 1.61. The van der Waals surface area contributed by atoms with Crippen LogP contribution in [0.1, 0.15) is 36.3 Å². The van der Waals surface area contributed by atoms with Gasteiger partial charge >= 0.3 is 0 Å². The van der Waals surface area contributed by atoms with Gasteiger partial charge in [0.2, 0.25) is 0 Å². The van der Waals surface area contributed by atoms with Gasteiger partial charge in [-0.15, -0.1) is 21.3 Å². The van der Waals surface area contributed by atoms with Crippen molar-refractivity contribution in [1.82, 2.24) is 4.98 Å². The molecular weight excluding hydrogens is 226 g/mol. The number of nitrogens with zero attached hydrogens (tertiary/aromatic N) is 1. The standard InChI is InChI=1S/C11H19NOS2/c1-11(2,3)10-12-8-5-6-15(4,13)7-9(8)14-10/h15H,5-7H2,1-4H3. The van der Waals surface area contributed by atoms with Crippen LogP contribution in [-0.2, 0) is 27.5 Å². The molecule has 2 heterocycles. The second-order valence-electron chi connectivity index (χ2n) is 5.57. The Morgan fingerprint density at radius 2 is 2.07 bits per heavy atom. The van der Waals surface area contributed by atoms with Crippen LogP contribution in [0.4, 0.5) is 0 Å². The average Bonchev–Trinajstić information content (AvgIpc) is 2.43. The van der Waals surface area contributed by atoms with Crippen LogP contribution in [0.3, 0.4) is 0 Å². The monoisotopic (exact) mass is 245 g/mol. The lowest BCUT2D eigenvalue weighted by molar-refractivity contribution is 0.583. The maximum Gasteiger partial charge on any atom is 0.0984 e. The predicted octanol–water partition coefficient (Wildman–Crippen LogP) is 2.14. The Labute approximate surface area is 96.5 Å². The number of rotatable bonds is 0. The third-order valence-electron chi connectivity index (χ3n) is 2.72. The van der Waals surface area contributed by atoms with E-state index in [1.54, 1.807) is 11.3 Å². The summed E-state index contributed by atoms with van der Waals surface area (Å²) in [6, 6.07) is 0. The number of hydrogen-bond donors (Lipinski definition) is 1. The fraction of sp³-hybridized carbons (Fsp3) is 0.727. The first-order chi connectivity index (χ1) is 6.78. The Morgan fingerprint density at radius 1 is 1.40 bits per heavy atom. The van der Waals surface area contributed by atoms with Gasteiger partial charge in [-0.2, -0.15) is 0 Å². The van der Waals surface area contributed by atoms with Gasteiger partial charge in [0, 0.05) is 28.2 Å². The van der Waals surface area contributed by atoms with E-state index in [0.29, 0.717) is 0 Å². The molecule has 0 spiro atoms. The topological polar surface area (TPSA) is 30.0 Å². The van der Waals surface area contributed by atoms with Gasteiger partial charge in [-0.25, -0.2) is 4.98 Å². The zero-order valence-electron chi connectivity index (χ0n) is 9.83. The van der Waals surface area contributed by atoms with Crippen LogP contribution in [0.5, 0.6) is 0 Å². The van der Waals surface area contributed by atoms with Gasteiger partial charge in [0.25, 0.3) is 0 Å². The molecule has 0 saturated heterocycles. The van der Waals surface area contributed by atoms with Gasteiger partial charge in [-0.1, -0.05) is 20.8 Å². The minimum absolute atomic E-state index is 0.125. The predicted molar refractivity (Wildman–Crippen MR) is 68.6 cm³/mol. The maximum atomic E-state index is 12.0. The second-order valence-corrected chi connectivity index (χ2v) is 10.0. The van der Waals surface area contributed by atoms with Crippen LogP contribution < -0.4 is 0 Å². The average molecular weight is 245 g/mol. The largest absolute Gasteiger partial charge is 0.285 e. The van der Waals surface area contributed by atoms with E-state index in [1.165, 1.54) is 15.6 Å². The Morgan fingerprint density at radius 3 is 2.67 bits per heavy atom. The molecule has 2 nitrogen and oxygen atoms in total. The van der Waals surface area contributed by atoms with Crippen LogP contribution >= 0.6 is 11.3 Å². The SMILES string of the molecule is CC(C)(C)c1nc2c(s1)C[SH](C)(=O)CC2. The van der Waals surface area contributed by atoms with Crippen molar-refractivity contribution >= 4 is 21.3 Å². The molecule has 0 N–H and O–H groups in total. The van der Waals surface area contributed by atoms with Crippen LogP contribution in [0.2, 0.25) is 0 Å². The summed E-state index contributed by atoms with van der Waals surface area (Å²) in [7, 11) is -1.89. The van der Waals surface area contributed by atoms with Crippen LogP contribution in [0.15, 0.2) is 0 Å². The summed E-state index contributed by atoms with van der Waals surface area (Å²) in [5, 5.41) is 1.19. The third kappa shape index (κ3) is 2.31. The molecule has 1 aliphatic rings. The highest BCUT2D eigenvalue weighted by atomic mass is 32.2. The molecule has 1 aromatic rings. The van der Waals surface area contributed by atoms with E-state index in [4.69, 9.17) is 0 Å². The van der Waals surface area contributed by atoms with Gasteiger partial charge in [0.05, 0.1) is 10.7 Å². The summed E-state index contributed by atoms with van der Waals surface area (Å²) >= 11 is 1.76. The Balaban J connectivity index is 2.38. The Hall–Kier alpha value is -0.220. The van der Waals surface area contributed by atoms with Gasteiger partial charge in [0.1, 0.15) is 0 Å². The normalized spacial score (nSPS) is 22.1. The summed E-state index contributed by atoms with van der Waals surface area (Å²) in [6.07, 6.45) is 2.84. The molecule has 0 aromatic carbocycles. The molecular formula is C11H19NOS2. The third-order valence-corrected chi connectivity index (χ3v) is 6.61. The molecule has 0 radical (unpaired) electrons. The molecule has 0 saturated carbocycles. The first kappa shape index (κ1) is 11.3. The first-order valence-electron chi connectivity index (χ1n) is 5.32. The van der Waals surface area contributed by atoms with E-state index in [9.17, 15) is 4.21 Å². The molecule has 0 bridgehead atoms.